The Bertz CT molecular complexity index is 779. The molecule has 2 rings (SSSR count). The van der Waals surface area contributed by atoms with E-state index in [1.165, 1.54) is 18.2 Å². The van der Waals surface area contributed by atoms with Crippen LogP contribution in [0.1, 0.15) is 19.4 Å². The van der Waals surface area contributed by atoms with Crippen LogP contribution in [0.4, 0.5) is 11.4 Å². The summed E-state index contributed by atoms with van der Waals surface area (Å²) in [5.41, 5.74) is 1.40. The molecule has 6 nitrogen and oxygen atoms in total. The van der Waals surface area contributed by atoms with Gasteiger partial charge in [-0.25, -0.2) is 14.4 Å². The van der Waals surface area contributed by atoms with Gasteiger partial charge in [0.25, 0.3) is 0 Å². The van der Waals surface area contributed by atoms with Crippen molar-refractivity contribution >= 4 is 29.6 Å². The minimum atomic E-state index is -0.455. The van der Waals surface area contributed by atoms with Gasteiger partial charge in [-0.3, -0.25) is 0 Å². The third-order valence-corrected chi connectivity index (χ3v) is 2.98. The Hall–Kier alpha value is -3.42. The van der Waals surface area contributed by atoms with Gasteiger partial charge in [0.1, 0.15) is 0 Å². The summed E-state index contributed by atoms with van der Waals surface area (Å²) in [7, 11) is 0. The predicted octanol–water partition coefficient (Wildman–Crippen LogP) is 3.88. The molecule has 0 spiro atoms. The molecule has 24 heavy (non-hydrogen) atoms. The highest BCUT2D eigenvalue weighted by atomic mass is 16.1. The molecule has 0 aliphatic carbocycles. The number of benzene rings is 2. The van der Waals surface area contributed by atoms with Crippen LogP contribution in [0.5, 0.6) is 0 Å². The van der Waals surface area contributed by atoms with E-state index in [1.54, 1.807) is 24.3 Å². The first-order valence-corrected chi connectivity index (χ1v) is 6.94. The zero-order valence-electron chi connectivity index (χ0n) is 13.3. The molecule has 2 aromatic rings. The summed E-state index contributed by atoms with van der Waals surface area (Å²) in [5, 5.41) is 0. The molecule has 0 aliphatic heterocycles. The number of rotatable bonds is 4. The summed E-state index contributed by atoms with van der Waals surface area (Å²) in [6, 6.07) is 16.0. The molecule has 0 heterocycles. The Morgan fingerprint density at radius 2 is 1.29 bits per heavy atom. The van der Waals surface area contributed by atoms with E-state index in [9.17, 15) is 14.4 Å². The van der Waals surface area contributed by atoms with Gasteiger partial charge in [0.2, 0.25) is 18.2 Å². The predicted molar refractivity (Wildman–Crippen MR) is 89.6 cm³/mol. The molecule has 0 aliphatic rings. The Balaban J connectivity index is 0.000000240. The maximum atomic E-state index is 10.1. The van der Waals surface area contributed by atoms with Crippen LogP contribution in [0.3, 0.4) is 0 Å². The van der Waals surface area contributed by atoms with Crippen LogP contribution in [-0.2, 0) is 19.9 Å². The molecule has 0 saturated carbocycles. The van der Waals surface area contributed by atoms with Gasteiger partial charge in [0.15, 0.2) is 0 Å². The van der Waals surface area contributed by atoms with Crippen LogP contribution in [0, 0.1) is 0 Å². The molecule has 0 saturated heterocycles. The fourth-order valence-electron chi connectivity index (χ4n) is 1.76. The van der Waals surface area contributed by atoms with E-state index < -0.39 is 5.54 Å². The van der Waals surface area contributed by atoms with Gasteiger partial charge in [0, 0.05) is 0 Å². The van der Waals surface area contributed by atoms with Crippen LogP contribution >= 0.6 is 0 Å². The third-order valence-electron chi connectivity index (χ3n) is 2.98. The fraction of sp³-hybridized carbons (Fsp3) is 0.167. The lowest BCUT2D eigenvalue weighted by atomic mass is 9.95. The molecule has 0 aromatic heterocycles. The highest BCUT2D eigenvalue weighted by Crippen LogP contribution is 2.23. The number of hydrogen-bond donors (Lipinski definition) is 0. The standard InChI is InChI=1S/C10H11NO.C8H4N2O2/c1-10(2,11-8-12)9-6-4-3-5-7-9;11-5-9-7-2-1-3-8(4-7)10-6-12/h3-7H,1-2H3;1-4H. The van der Waals surface area contributed by atoms with Crippen molar-refractivity contribution in [3.63, 3.8) is 0 Å². The molecule has 0 amide bonds. The van der Waals surface area contributed by atoms with Crippen molar-refractivity contribution in [3.05, 3.63) is 60.2 Å². The van der Waals surface area contributed by atoms with E-state index in [-0.39, 0.29) is 0 Å². The van der Waals surface area contributed by atoms with Gasteiger partial charge in [-0.2, -0.15) is 15.0 Å². The van der Waals surface area contributed by atoms with Crippen molar-refractivity contribution in [2.75, 3.05) is 0 Å². The average molecular weight is 321 g/mol. The van der Waals surface area contributed by atoms with Gasteiger partial charge in [-0.05, 0) is 37.6 Å². The zero-order valence-corrected chi connectivity index (χ0v) is 13.3. The highest BCUT2D eigenvalue weighted by molar-refractivity contribution is 5.58. The number of aliphatic imine (C=N–C) groups is 3. The molecule has 0 radical (unpaired) electrons. The Morgan fingerprint density at radius 1 is 0.750 bits per heavy atom. The van der Waals surface area contributed by atoms with Crippen molar-refractivity contribution in [1.82, 2.24) is 0 Å². The van der Waals surface area contributed by atoms with Gasteiger partial charge >= 0.3 is 0 Å². The van der Waals surface area contributed by atoms with E-state index in [0.29, 0.717) is 11.4 Å². The summed E-state index contributed by atoms with van der Waals surface area (Å²) in [4.78, 5) is 40.2. The largest absolute Gasteiger partial charge is 0.240 e. The molecule has 0 fully saturated rings. The first-order valence-electron chi connectivity index (χ1n) is 6.94. The molecule has 0 bridgehead atoms. The smallest absolute Gasteiger partial charge is 0.211 e. The molecule has 2 aromatic carbocycles. The first kappa shape index (κ1) is 18.6. The SMILES string of the molecule is CC(C)(N=C=O)c1ccccc1.O=C=Nc1cccc(N=C=O)c1. The quantitative estimate of drug-likeness (QED) is 0.632. The van der Waals surface area contributed by atoms with Crippen LogP contribution in [0.2, 0.25) is 0 Å². The average Bonchev–Trinajstić information content (AvgIpc) is 2.57. The van der Waals surface area contributed by atoms with Crippen molar-refractivity contribution in [2.24, 2.45) is 15.0 Å². The Labute approximate surface area is 139 Å². The van der Waals surface area contributed by atoms with E-state index in [1.807, 2.05) is 44.2 Å². The monoisotopic (exact) mass is 321 g/mol. The molecule has 120 valence electrons. The van der Waals surface area contributed by atoms with Crippen molar-refractivity contribution < 1.29 is 14.4 Å². The second-order valence-corrected chi connectivity index (χ2v) is 5.05. The van der Waals surface area contributed by atoms with Gasteiger partial charge < -0.3 is 0 Å². The van der Waals surface area contributed by atoms with E-state index in [4.69, 9.17) is 0 Å². The van der Waals surface area contributed by atoms with Crippen molar-refractivity contribution in [1.29, 1.82) is 0 Å². The lowest BCUT2D eigenvalue weighted by Gasteiger charge is -2.16. The number of hydrogen-bond acceptors (Lipinski definition) is 6. The second-order valence-electron chi connectivity index (χ2n) is 5.05. The Morgan fingerprint density at radius 3 is 1.75 bits per heavy atom. The summed E-state index contributed by atoms with van der Waals surface area (Å²) < 4.78 is 0. The fourth-order valence-corrected chi connectivity index (χ4v) is 1.76. The van der Waals surface area contributed by atoms with Crippen molar-refractivity contribution in [3.8, 4) is 0 Å². The second kappa shape index (κ2) is 9.57. The maximum absolute atomic E-state index is 10.1. The number of isocyanates is 3. The normalized spacial score (nSPS) is 9.25. The minimum absolute atomic E-state index is 0.418. The molecular weight excluding hydrogens is 306 g/mol. The van der Waals surface area contributed by atoms with Crippen LogP contribution < -0.4 is 0 Å². The van der Waals surface area contributed by atoms with Gasteiger partial charge in [-0.15, -0.1) is 0 Å². The van der Waals surface area contributed by atoms with E-state index >= 15 is 0 Å². The van der Waals surface area contributed by atoms with Crippen molar-refractivity contribution in [2.45, 2.75) is 19.4 Å². The van der Waals surface area contributed by atoms with Crippen LogP contribution in [0.15, 0.2) is 69.6 Å². The van der Waals surface area contributed by atoms with Gasteiger partial charge in [0.05, 0.1) is 16.9 Å². The molecule has 6 heteroatoms. The lowest BCUT2D eigenvalue weighted by Crippen LogP contribution is -2.12. The van der Waals surface area contributed by atoms with Crippen LogP contribution in [-0.4, -0.2) is 18.2 Å². The minimum Gasteiger partial charge on any atom is -0.211 e. The summed E-state index contributed by atoms with van der Waals surface area (Å²) in [5.74, 6) is 0. The van der Waals surface area contributed by atoms with E-state index in [2.05, 4.69) is 15.0 Å². The summed E-state index contributed by atoms with van der Waals surface area (Å²) in [6.45, 7) is 3.76. The summed E-state index contributed by atoms with van der Waals surface area (Å²) >= 11 is 0. The molecule has 0 unspecified atom stereocenters. The first-order chi connectivity index (χ1) is 11.5. The number of carbonyl (C=O) groups excluding carboxylic acids is 3. The highest BCUT2D eigenvalue weighted by Gasteiger charge is 2.17. The molecule has 0 atom stereocenters. The summed E-state index contributed by atoms with van der Waals surface area (Å²) in [6.07, 6.45) is 4.36. The maximum Gasteiger partial charge on any atom is 0.240 e. The van der Waals surface area contributed by atoms with Gasteiger partial charge in [-0.1, -0.05) is 36.4 Å². The Kier molecular flexibility index (Phi) is 7.43. The van der Waals surface area contributed by atoms with E-state index in [0.717, 1.165) is 5.56 Å². The zero-order chi connectivity index (χ0) is 17.8. The molecule has 0 N–H and O–H groups in total. The number of nitrogens with zero attached hydrogens (tertiary/aromatic N) is 3. The third kappa shape index (κ3) is 6.14. The lowest BCUT2D eigenvalue weighted by molar-refractivity contribution is 0.523. The molecular formula is C18H15N3O3. The topological polar surface area (TPSA) is 88.3 Å². The van der Waals surface area contributed by atoms with Crippen LogP contribution in [0.25, 0.3) is 0 Å².